The van der Waals surface area contributed by atoms with E-state index in [1.807, 2.05) is 0 Å². The van der Waals surface area contributed by atoms with Crippen molar-refractivity contribution in [3.05, 3.63) is 0 Å². The zero-order valence-corrected chi connectivity index (χ0v) is 9.05. The molecule has 1 aliphatic heterocycles. The normalized spacial score (nSPS) is 21.1. The Morgan fingerprint density at radius 3 is 2.93 bits per heavy atom. The lowest BCUT2D eigenvalue weighted by atomic mass is 10.2. The molecule has 3 heteroatoms. The van der Waals surface area contributed by atoms with E-state index < -0.39 is 0 Å². The summed E-state index contributed by atoms with van der Waals surface area (Å²) in [5.41, 5.74) is 0. The molecule has 82 valence electrons. The van der Waals surface area contributed by atoms with Crippen LogP contribution in [0.1, 0.15) is 45.4 Å². The van der Waals surface area contributed by atoms with Gasteiger partial charge in [-0.1, -0.05) is 26.2 Å². The lowest BCUT2D eigenvalue weighted by Gasteiger charge is -2.09. The molecular weight excluding hydrogens is 178 g/mol. The Labute approximate surface area is 86.2 Å². The minimum absolute atomic E-state index is 0.0267. The molecule has 1 aliphatic rings. The number of hydrogen-bond donors (Lipinski definition) is 1. The number of carbonyl (C=O) groups excluding carboxylic acids is 1. The first-order chi connectivity index (χ1) is 6.84. The highest BCUT2D eigenvalue weighted by Gasteiger charge is 2.22. The fourth-order valence-corrected chi connectivity index (χ4v) is 1.69. The van der Waals surface area contributed by atoms with E-state index in [-0.39, 0.29) is 12.0 Å². The number of rotatable bonds is 6. The zero-order chi connectivity index (χ0) is 10.2. The summed E-state index contributed by atoms with van der Waals surface area (Å²) in [6.45, 7) is 3.72. The molecule has 1 heterocycles. The minimum Gasteiger partial charge on any atom is -0.465 e. The third kappa shape index (κ3) is 4.09. The van der Waals surface area contributed by atoms with E-state index in [0.29, 0.717) is 6.61 Å². The molecule has 1 rings (SSSR count). The first-order valence-electron chi connectivity index (χ1n) is 5.74. The van der Waals surface area contributed by atoms with Crippen LogP contribution in [0.2, 0.25) is 0 Å². The molecule has 14 heavy (non-hydrogen) atoms. The van der Waals surface area contributed by atoms with Gasteiger partial charge in [0.25, 0.3) is 0 Å². The van der Waals surface area contributed by atoms with Crippen molar-refractivity contribution in [1.29, 1.82) is 0 Å². The molecule has 0 aromatic heterocycles. The number of ether oxygens (including phenoxy) is 1. The van der Waals surface area contributed by atoms with Crippen molar-refractivity contribution >= 4 is 5.97 Å². The first-order valence-corrected chi connectivity index (χ1v) is 5.74. The van der Waals surface area contributed by atoms with Gasteiger partial charge in [0.2, 0.25) is 0 Å². The lowest BCUT2D eigenvalue weighted by Crippen LogP contribution is -2.32. The van der Waals surface area contributed by atoms with Crippen molar-refractivity contribution in [3.63, 3.8) is 0 Å². The van der Waals surface area contributed by atoms with Crippen LogP contribution in [0.3, 0.4) is 0 Å². The van der Waals surface area contributed by atoms with E-state index in [2.05, 4.69) is 12.2 Å². The van der Waals surface area contributed by atoms with Crippen LogP contribution in [-0.4, -0.2) is 25.2 Å². The smallest absolute Gasteiger partial charge is 0.323 e. The molecule has 0 spiro atoms. The predicted molar refractivity (Wildman–Crippen MR) is 56.1 cm³/mol. The van der Waals surface area contributed by atoms with Crippen LogP contribution in [0.15, 0.2) is 0 Å². The van der Waals surface area contributed by atoms with Gasteiger partial charge in [-0.15, -0.1) is 0 Å². The van der Waals surface area contributed by atoms with Crippen molar-refractivity contribution in [2.45, 2.75) is 51.5 Å². The van der Waals surface area contributed by atoms with Crippen LogP contribution in [0.5, 0.6) is 0 Å². The van der Waals surface area contributed by atoms with Crippen LogP contribution in [0.4, 0.5) is 0 Å². The molecule has 0 radical (unpaired) electrons. The fraction of sp³-hybridized carbons (Fsp3) is 0.909. The number of nitrogens with one attached hydrogen (secondary N) is 1. The first kappa shape index (κ1) is 11.5. The lowest BCUT2D eigenvalue weighted by molar-refractivity contribution is -0.145. The summed E-state index contributed by atoms with van der Waals surface area (Å²) in [4.78, 5) is 11.4. The molecule has 0 bridgehead atoms. The summed E-state index contributed by atoms with van der Waals surface area (Å²) < 4.78 is 5.17. The van der Waals surface area contributed by atoms with E-state index in [0.717, 1.165) is 25.8 Å². The van der Waals surface area contributed by atoms with Crippen molar-refractivity contribution < 1.29 is 9.53 Å². The van der Waals surface area contributed by atoms with Gasteiger partial charge in [0.05, 0.1) is 6.61 Å². The molecule has 1 atom stereocenters. The molecule has 0 saturated carbocycles. The Balaban J connectivity index is 1.97. The Morgan fingerprint density at radius 2 is 2.29 bits per heavy atom. The number of hydrogen-bond acceptors (Lipinski definition) is 3. The Kier molecular flexibility index (Phi) is 5.60. The van der Waals surface area contributed by atoms with Crippen molar-refractivity contribution in [3.8, 4) is 0 Å². The van der Waals surface area contributed by atoms with E-state index >= 15 is 0 Å². The summed E-state index contributed by atoms with van der Waals surface area (Å²) in [5, 5.41) is 3.13. The summed E-state index contributed by atoms with van der Waals surface area (Å²) in [6.07, 6.45) is 6.66. The average Bonchev–Trinajstić information content (AvgIpc) is 2.70. The number of unbranched alkanes of at least 4 members (excludes halogenated alkanes) is 3. The third-order valence-corrected chi connectivity index (χ3v) is 2.59. The molecular formula is C11H21NO2. The summed E-state index contributed by atoms with van der Waals surface area (Å²) >= 11 is 0. The average molecular weight is 199 g/mol. The molecule has 1 N–H and O–H groups in total. The van der Waals surface area contributed by atoms with E-state index in [1.165, 1.54) is 19.3 Å². The SMILES string of the molecule is CCCCCCOC(=O)[C@@H]1CCCN1. The highest BCUT2D eigenvalue weighted by Crippen LogP contribution is 2.07. The maximum Gasteiger partial charge on any atom is 0.323 e. The van der Waals surface area contributed by atoms with Crippen LogP contribution in [-0.2, 0) is 9.53 Å². The van der Waals surface area contributed by atoms with Gasteiger partial charge in [0.1, 0.15) is 6.04 Å². The van der Waals surface area contributed by atoms with Crippen LogP contribution >= 0.6 is 0 Å². The molecule has 0 amide bonds. The Hall–Kier alpha value is -0.570. The Morgan fingerprint density at radius 1 is 1.43 bits per heavy atom. The van der Waals surface area contributed by atoms with Crippen LogP contribution in [0, 0.1) is 0 Å². The third-order valence-electron chi connectivity index (χ3n) is 2.59. The molecule has 0 aromatic carbocycles. The summed E-state index contributed by atoms with van der Waals surface area (Å²) in [6, 6.07) is -0.0267. The largest absolute Gasteiger partial charge is 0.465 e. The maximum atomic E-state index is 11.4. The van der Waals surface area contributed by atoms with Crippen molar-refractivity contribution in [2.75, 3.05) is 13.2 Å². The second-order valence-electron chi connectivity index (χ2n) is 3.88. The zero-order valence-electron chi connectivity index (χ0n) is 9.05. The molecule has 0 aromatic rings. The number of esters is 1. The highest BCUT2D eigenvalue weighted by molar-refractivity contribution is 5.76. The van der Waals surface area contributed by atoms with Crippen molar-refractivity contribution in [1.82, 2.24) is 5.32 Å². The topological polar surface area (TPSA) is 38.3 Å². The minimum atomic E-state index is -0.0565. The van der Waals surface area contributed by atoms with Gasteiger partial charge in [0, 0.05) is 0 Å². The predicted octanol–water partition coefficient (Wildman–Crippen LogP) is 1.86. The quantitative estimate of drug-likeness (QED) is 0.524. The maximum absolute atomic E-state index is 11.4. The highest BCUT2D eigenvalue weighted by atomic mass is 16.5. The molecule has 3 nitrogen and oxygen atoms in total. The van der Waals surface area contributed by atoms with Gasteiger partial charge < -0.3 is 10.1 Å². The fourth-order valence-electron chi connectivity index (χ4n) is 1.69. The number of carbonyl (C=O) groups is 1. The second kappa shape index (κ2) is 6.82. The summed E-state index contributed by atoms with van der Waals surface area (Å²) in [7, 11) is 0. The van der Waals surface area contributed by atoms with Crippen LogP contribution in [0.25, 0.3) is 0 Å². The van der Waals surface area contributed by atoms with Gasteiger partial charge in [0.15, 0.2) is 0 Å². The second-order valence-corrected chi connectivity index (χ2v) is 3.88. The van der Waals surface area contributed by atoms with Gasteiger partial charge in [-0.05, 0) is 25.8 Å². The van der Waals surface area contributed by atoms with Gasteiger partial charge in [-0.25, -0.2) is 0 Å². The van der Waals surface area contributed by atoms with Gasteiger partial charge in [-0.3, -0.25) is 4.79 Å². The molecule has 0 unspecified atom stereocenters. The monoisotopic (exact) mass is 199 g/mol. The van der Waals surface area contributed by atoms with E-state index in [1.54, 1.807) is 0 Å². The van der Waals surface area contributed by atoms with E-state index in [4.69, 9.17) is 4.74 Å². The van der Waals surface area contributed by atoms with Crippen LogP contribution < -0.4 is 5.32 Å². The van der Waals surface area contributed by atoms with Gasteiger partial charge >= 0.3 is 5.97 Å². The Bertz CT molecular complexity index is 165. The molecule has 0 aliphatic carbocycles. The standard InChI is InChI=1S/C11H21NO2/c1-2-3-4-5-9-14-11(13)10-7-6-8-12-10/h10,12H,2-9H2,1H3/t10-/m0/s1. The molecule has 1 saturated heterocycles. The molecule has 1 fully saturated rings. The van der Waals surface area contributed by atoms with Crippen molar-refractivity contribution in [2.24, 2.45) is 0 Å². The summed E-state index contributed by atoms with van der Waals surface area (Å²) in [5.74, 6) is -0.0565. The van der Waals surface area contributed by atoms with Gasteiger partial charge in [-0.2, -0.15) is 0 Å². The van der Waals surface area contributed by atoms with E-state index in [9.17, 15) is 4.79 Å².